The van der Waals surface area contributed by atoms with E-state index in [1.165, 1.54) is 0 Å². The van der Waals surface area contributed by atoms with Crippen LogP contribution in [0, 0.1) is 27.3 Å². The van der Waals surface area contributed by atoms with Crippen LogP contribution in [0.25, 0.3) is 38.1 Å². The van der Waals surface area contributed by atoms with E-state index in [2.05, 4.69) is 15.0 Å². The van der Waals surface area contributed by atoms with E-state index >= 15 is 0 Å². The van der Waals surface area contributed by atoms with Crippen molar-refractivity contribution in [3.8, 4) is 22.3 Å². The summed E-state index contributed by atoms with van der Waals surface area (Å²) in [6.45, 7) is 13.1. The van der Waals surface area contributed by atoms with Gasteiger partial charge in [-0.3, -0.25) is 4.57 Å². The number of aryl methyl sites for hydroxylation is 4. The van der Waals surface area contributed by atoms with E-state index in [4.69, 9.17) is 11.1 Å². The maximum Gasteiger partial charge on any atom is 0.326 e. The number of rotatable bonds is 2. The van der Waals surface area contributed by atoms with Crippen molar-refractivity contribution in [2.45, 2.75) is 20.8 Å². The Balaban J connectivity index is 2.14. The number of H-pyrrole nitrogens is 1. The largest absolute Gasteiger partial charge is 0.361 e. The van der Waals surface area contributed by atoms with Gasteiger partial charge in [0.25, 0.3) is 0 Å². The zero-order valence-electron chi connectivity index (χ0n) is 15.5. The lowest BCUT2D eigenvalue weighted by Gasteiger charge is -2.12. The van der Waals surface area contributed by atoms with Crippen LogP contribution in [0.4, 0.5) is 5.69 Å². The Morgan fingerprint density at radius 3 is 2.59 bits per heavy atom. The molecule has 6 nitrogen and oxygen atoms in total. The van der Waals surface area contributed by atoms with Crippen molar-refractivity contribution in [2.24, 2.45) is 7.05 Å². The van der Waals surface area contributed by atoms with Crippen LogP contribution in [0.1, 0.15) is 17.0 Å². The highest BCUT2D eigenvalue weighted by Crippen LogP contribution is 2.37. The smallest absolute Gasteiger partial charge is 0.326 e. The summed E-state index contributed by atoms with van der Waals surface area (Å²) in [5, 5.41) is 4.05. The molecule has 1 N–H and O–H groups in total. The first-order valence-corrected chi connectivity index (χ1v) is 8.55. The molecule has 0 atom stereocenters. The predicted octanol–water partition coefficient (Wildman–Crippen LogP) is 4.66. The third kappa shape index (κ3) is 2.56. The highest BCUT2D eigenvalue weighted by atomic mass is 16.5. The molecule has 0 fully saturated rings. The number of nitrogens with one attached hydrogen (secondary N) is 1. The summed E-state index contributed by atoms with van der Waals surface area (Å²) in [6.07, 6.45) is 0. The molecule has 0 aliphatic carbocycles. The maximum atomic E-state index is 12.3. The molecule has 0 saturated carbocycles. The Labute approximate surface area is 155 Å². The van der Waals surface area contributed by atoms with Gasteiger partial charge >= 0.3 is 5.69 Å². The topological polar surface area (TPSA) is 68.2 Å². The lowest BCUT2D eigenvalue weighted by atomic mass is 9.94. The lowest BCUT2D eigenvalue weighted by molar-refractivity contribution is 0.393. The minimum atomic E-state index is -0.179. The molecule has 0 bridgehead atoms. The van der Waals surface area contributed by atoms with Gasteiger partial charge in [0.15, 0.2) is 5.69 Å². The molecule has 6 heteroatoms. The Kier molecular flexibility index (Phi) is 3.74. The van der Waals surface area contributed by atoms with E-state index < -0.39 is 0 Å². The molecule has 134 valence electrons. The second-order valence-corrected chi connectivity index (χ2v) is 6.72. The molecule has 2 aromatic carbocycles. The van der Waals surface area contributed by atoms with E-state index in [0.717, 1.165) is 50.3 Å². The number of fused-ring (bicyclic) bond motifs is 1. The number of aromatic nitrogens is 3. The molecule has 0 aliphatic heterocycles. The first kappa shape index (κ1) is 16.9. The second-order valence-electron chi connectivity index (χ2n) is 6.72. The molecule has 2 heterocycles. The van der Waals surface area contributed by atoms with Crippen LogP contribution in [0.5, 0.6) is 0 Å². The summed E-state index contributed by atoms with van der Waals surface area (Å²) in [6, 6.07) is 9.59. The molecule has 2 aromatic heterocycles. The van der Waals surface area contributed by atoms with Gasteiger partial charge in [0.1, 0.15) is 5.76 Å². The number of imidazole rings is 1. The van der Waals surface area contributed by atoms with Crippen molar-refractivity contribution in [1.82, 2.24) is 14.7 Å². The van der Waals surface area contributed by atoms with Crippen LogP contribution in [0.2, 0.25) is 0 Å². The Bertz CT molecular complexity index is 1280. The number of hydrogen-bond acceptors (Lipinski definition) is 3. The molecular formula is C21H18N4O2. The predicted molar refractivity (Wildman–Crippen MR) is 105 cm³/mol. The van der Waals surface area contributed by atoms with Crippen LogP contribution >= 0.6 is 0 Å². The van der Waals surface area contributed by atoms with E-state index in [0.29, 0.717) is 5.69 Å². The van der Waals surface area contributed by atoms with E-state index in [1.807, 2.05) is 45.0 Å². The van der Waals surface area contributed by atoms with Crippen molar-refractivity contribution >= 4 is 16.7 Å². The number of benzene rings is 2. The van der Waals surface area contributed by atoms with Gasteiger partial charge in [-0.2, -0.15) is 0 Å². The molecule has 4 rings (SSSR count). The average Bonchev–Trinajstić information content (AvgIpc) is 3.13. The van der Waals surface area contributed by atoms with Gasteiger partial charge in [0, 0.05) is 18.2 Å². The van der Waals surface area contributed by atoms with Gasteiger partial charge in [0.05, 0.1) is 23.3 Å². The van der Waals surface area contributed by atoms with Gasteiger partial charge in [-0.15, -0.1) is 0 Å². The molecule has 27 heavy (non-hydrogen) atoms. The van der Waals surface area contributed by atoms with Crippen LogP contribution in [-0.2, 0) is 7.05 Å². The van der Waals surface area contributed by atoms with Gasteiger partial charge in [0.2, 0.25) is 0 Å². The van der Waals surface area contributed by atoms with E-state index in [-0.39, 0.29) is 5.69 Å². The minimum absolute atomic E-state index is 0.179. The van der Waals surface area contributed by atoms with Crippen molar-refractivity contribution in [2.75, 3.05) is 0 Å². The number of nitrogens with zero attached hydrogens (tertiary/aromatic N) is 3. The summed E-state index contributed by atoms with van der Waals surface area (Å²) < 4.78 is 6.93. The van der Waals surface area contributed by atoms with E-state index in [9.17, 15) is 4.79 Å². The highest BCUT2D eigenvalue weighted by molar-refractivity contribution is 5.97. The standard InChI is InChI=1S/C21H18N4O2/c1-11-6-7-15(22-4)10-16(11)17-8-14(19-12(2)24-27-13(19)3)9-18-20(17)25(5)21(26)23-18/h6-10H,1-3,5H3,(H,23,26). The quantitative estimate of drug-likeness (QED) is 0.530. The molecular weight excluding hydrogens is 340 g/mol. The van der Waals surface area contributed by atoms with Crippen LogP contribution in [-0.4, -0.2) is 14.7 Å². The second kappa shape index (κ2) is 5.99. The van der Waals surface area contributed by atoms with Crippen molar-refractivity contribution in [3.63, 3.8) is 0 Å². The summed E-state index contributed by atoms with van der Waals surface area (Å²) >= 11 is 0. The highest BCUT2D eigenvalue weighted by Gasteiger charge is 2.18. The zero-order chi connectivity index (χ0) is 19.3. The third-order valence-corrected chi connectivity index (χ3v) is 4.95. The normalized spacial score (nSPS) is 11.1. The molecule has 0 unspecified atom stereocenters. The molecule has 0 aliphatic rings. The number of aromatic amines is 1. The SMILES string of the molecule is [C-]#[N+]c1ccc(C)c(-c2cc(-c3c(C)noc3C)cc3[nH]c(=O)n(C)c23)c1. The Morgan fingerprint density at radius 1 is 1.15 bits per heavy atom. The van der Waals surface area contributed by atoms with Crippen LogP contribution in [0.3, 0.4) is 0 Å². The van der Waals surface area contributed by atoms with Crippen LogP contribution in [0.15, 0.2) is 39.6 Å². The fourth-order valence-corrected chi connectivity index (χ4v) is 3.61. The van der Waals surface area contributed by atoms with Crippen molar-refractivity contribution in [1.29, 1.82) is 0 Å². The van der Waals surface area contributed by atoms with Gasteiger partial charge in [-0.05, 0) is 55.7 Å². The van der Waals surface area contributed by atoms with Crippen LogP contribution < -0.4 is 5.69 Å². The molecule has 0 spiro atoms. The molecule has 4 aromatic rings. The first-order valence-electron chi connectivity index (χ1n) is 8.55. The first-order chi connectivity index (χ1) is 12.9. The minimum Gasteiger partial charge on any atom is -0.361 e. The van der Waals surface area contributed by atoms with Gasteiger partial charge < -0.3 is 9.51 Å². The van der Waals surface area contributed by atoms with Crippen molar-refractivity contribution < 1.29 is 4.52 Å². The zero-order valence-corrected chi connectivity index (χ0v) is 15.5. The summed E-state index contributed by atoms with van der Waals surface area (Å²) in [4.78, 5) is 18.8. The van der Waals surface area contributed by atoms with Gasteiger partial charge in [-0.25, -0.2) is 9.64 Å². The summed E-state index contributed by atoms with van der Waals surface area (Å²) in [5.74, 6) is 0.725. The Hall–Kier alpha value is -3.59. The Morgan fingerprint density at radius 2 is 1.93 bits per heavy atom. The van der Waals surface area contributed by atoms with Crippen molar-refractivity contribution in [3.05, 3.63) is 69.3 Å². The number of hydrogen-bond donors (Lipinski definition) is 1. The molecule has 0 radical (unpaired) electrons. The maximum absolute atomic E-state index is 12.3. The molecule has 0 amide bonds. The average molecular weight is 358 g/mol. The molecule has 0 saturated heterocycles. The monoisotopic (exact) mass is 358 g/mol. The lowest BCUT2D eigenvalue weighted by Crippen LogP contribution is -2.12. The van der Waals surface area contributed by atoms with Gasteiger partial charge in [-0.1, -0.05) is 17.3 Å². The third-order valence-electron chi connectivity index (χ3n) is 4.95. The fraction of sp³-hybridized carbons (Fsp3) is 0.190. The summed E-state index contributed by atoms with van der Waals surface area (Å²) in [5.41, 5.74) is 7.42. The fourth-order valence-electron chi connectivity index (χ4n) is 3.61. The summed E-state index contributed by atoms with van der Waals surface area (Å²) in [7, 11) is 1.74. The van der Waals surface area contributed by atoms with E-state index in [1.54, 1.807) is 17.7 Å².